The van der Waals surface area contributed by atoms with E-state index in [-0.39, 0.29) is 0 Å². The molecule has 5 aliphatic rings. The van der Waals surface area contributed by atoms with E-state index >= 15 is 0 Å². The van der Waals surface area contributed by atoms with Crippen molar-refractivity contribution >= 4 is 0 Å². The van der Waals surface area contributed by atoms with Crippen LogP contribution in [0.15, 0.2) is 35.9 Å². The first-order valence-electron chi connectivity index (χ1n) is 16.2. The minimum absolute atomic E-state index is 0.400. The summed E-state index contributed by atoms with van der Waals surface area (Å²) in [7, 11) is 0. The van der Waals surface area contributed by atoms with Gasteiger partial charge in [-0.15, -0.1) is 0 Å². The highest BCUT2D eigenvalue weighted by Gasteiger charge is 2.59. The molecule has 1 nitrogen and oxygen atoms in total. The second-order valence-electron chi connectivity index (χ2n) is 15.1. The third kappa shape index (κ3) is 4.68. The first kappa shape index (κ1) is 26.2. The van der Waals surface area contributed by atoms with E-state index in [0.717, 1.165) is 48.3 Å². The Morgan fingerprint density at radius 3 is 2.32 bits per heavy atom. The van der Waals surface area contributed by atoms with Crippen LogP contribution in [-0.4, -0.2) is 12.2 Å². The molecule has 0 bridgehead atoms. The van der Waals surface area contributed by atoms with Gasteiger partial charge in [-0.3, -0.25) is 0 Å². The van der Waals surface area contributed by atoms with Crippen molar-refractivity contribution in [3.63, 3.8) is 0 Å². The summed E-state index contributed by atoms with van der Waals surface area (Å²) >= 11 is 0. The number of allylic oxidation sites excluding steroid dienone is 1. The minimum atomic E-state index is 0.400. The largest absolute Gasteiger partial charge is 0.374 e. The maximum absolute atomic E-state index is 6.80. The molecule has 0 spiro atoms. The minimum Gasteiger partial charge on any atom is -0.374 e. The molecule has 0 amide bonds. The number of hydrogen-bond acceptors (Lipinski definition) is 1. The van der Waals surface area contributed by atoms with E-state index < -0.39 is 0 Å². The van der Waals surface area contributed by atoms with Crippen LogP contribution in [0, 0.1) is 46.3 Å². The van der Waals surface area contributed by atoms with E-state index in [2.05, 4.69) is 65.0 Å². The predicted molar refractivity (Wildman–Crippen MR) is 156 cm³/mol. The van der Waals surface area contributed by atoms with Crippen molar-refractivity contribution in [1.82, 2.24) is 0 Å². The Bertz CT molecular complexity index is 965. The SMILES string of the molecule is CC(C)CCCC(C)C1CCC2C3CC=C4CC(OC5Cc6ccccc6C5)CCC4(C)C3CCC12C. The summed E-state index contributed by atoms with van der Waals surface area (Å²) in [6, 6.07) is 8.98. The maximum Gasteiger partial charge on any atom is 0.0659 e. The molecular formula is C36H54O. The van der Waals surface area contributed by atoms with E-state index in [1.165, 1.54) is 81.8 Å². The number of ether oxygens (including phenoxy) is 1. The third-order valence-electron chi connectivity index (χ3n) is 12.7. The fourth-order valence-electron chi connectivity index (χ4n) is 10.7. The summed E-state index contributed by atoms with van der Waals surface area (Å²) in [4.78, 5) is 0. The Morgan fingerprint density at radius 2 is 1.59 bits per heavy atom. The zero-order valence-electron chi connectivity index (χ0n) is 24.6. The van der Waals surface area contributed by atoms with E-state index in [0.29, 0.717) is 23.0 Å². The van der Waals surface area contributed by atoms with Crippen LogP contribution in [0.4, 0.5) is 0 Å². The Balaban J connectivity index is 1.11. The van der Waals surface area contributed by atoms with Gasteiger partial charge in [-0.2, -0.15) is 0 Å². The number of hydrogen-bond donors (Lipinski definition) is 0. The predicted octanol–water partition coefficient (Wildman–Crippen LogP) is 9.58. The number of fused-ring (bicyclic) bond motifs is 6. The summed E-state index contributed by atoms with van der Waals surface area (Å²) in [5.41, 5.74) is 5.84. The van der Waals surface area contributed by atoms with Gasteiger partial charge in [0, 0.05) is 0 Å². The molecule has 5 aliphatic carbocycles. The fraction of sp³-hybridized carbons (Fsp3) is 0.778. The summed E-state index contributed by atoms with van der Waals surface area (Å²) < 4.78 is 6.80. The average Bonchev–Trinajstić information content (AvgIpc) is 3.44. The van der Waals surface area contributed by atoms with E-state index in [1.807, 2.05) is 0 Å². The lowest BCUT2D eigenvalue weighted by atomic mass is 9.47. The average molecular weight is 503 g/mol. The second kappa shape index (κ2) is 10.1. The van der Waals surface area contributed by atoms with Crippen molar-refractivity contribution in [3.8, 4) is 0 Å². The van der Waals surface area contributed by atoms with Gasteiger partial charge >= 0.3 is 0 Å². The molecule has 6 rings (SSSR count). The summed E-state index contributed by atoms with van der Waals surface area (Å²) in [5, 5.41) is 0. The van der Waals surface area contributed by atoms with E-state index in [4.69, 9.17) is 4.74 Å². The standard InChI is InChI=1S/C36H54O/c1-24(2)9-8-10-25(3)32-15-16-33-31-14-13-28-23-29(37-30-21-26-11-6-7-12-27(26)22-30)17-19-35(28,4)34(31)18-20-36(32,33)5/h6-7,11-13,24-25,29-34H,8-10,14-23H2,1-5H3. The molecule has 1 heteroatoms. The Morgan fingerprint density at radius 1 is 0.838 bits per heavy atom. The highest BCUT2D eigenvalue weighted by molar-refractivity contribution is 5.33. The molecule has 8 atom stereocenters. The Labute approximate surface area is 228 Å². The van der Waals surface area contributed by atoms with Crippen LogP contribution in [0.25, 0.3) is 0 Å². The first-order chi connectivity index (χ1) is 17.8. The molecular weight excluding hydrogens is 448 g/mol. The van der Waals surface area contributed by atoms with Gasteiger partial charge in [0.15, 0.2) is 0 Å². The molecule has 0 saturated heterocycles. The van der Waals surface area contributed by atoms with Crippen LogP contribution in [-0.2, 0) is 17.6 Å². The van der Waals surface area contributed by atoms with Crippen LogP contribution >= 0.6 is 0 Å². The molecule has 0 radical (unpaired) electrons. The van der Waals surface area contributed by atoms with Crippen LogP contribution in [0.1, 0.15) is 116 Å². The Kier molecular flexibility index (Phi) is 7.17. The molecule has 204 valence electrons. The van der Waals surface area contributed by atoms with Crippen LogP contribution in [0.3, 0.4) is 0 Å². The highest BCUT2D eigenvalue weighted by atomic mass is 16.5. The zero-order valence-corrected chi connectivity index (χ0v) is 24.6. The van der Waals surface area contributed by atoms with Crippen LogP contribution in [0.5, 0.6) is 0 Å². The lowest BCUT2D eigenvalue weighted by Gasteiger charge is -2.58. The second-order valence-corrected chi connectivity index (χ2v) is 15.1. The van der Waals surface area contributed by atoms with Gasteiger partial charge in [0.05, 0.1) is 12.2 Å². The normalized spacial score (nSPS) is 40.1. The van der Waals surface area contributed by atoms with Crippen molar-refractivity contribution < 1.29 is 4.74 Å². The van der Waals surface area contributed by atoms with Crippen molar-refractivity contribution in [2.75, 3.05) is 0 Å². The summed E-state index contributed by atoms with van der Waals surface area (Å²) in [6.45, 7) is 12.8. The number of rotatable bonds is 7. The van der Waals surface area contributed by atoms with Gasteiger partial charge in [0.1, 0.15) is 0 Å². The van der Waals surface area contributed by atoms with Crippen molar-refractivity contribution in [3.05, 3.63) is 47.0 Å². The quantitative estimate of drug-likeness (QED) is 0.337. The molecule has 1 aromatic carbocycles. The molecule has 0 aliphatic heterocycles. The molecule has 1 aromatic rings. The molecule has 0 N–H and O–H groups in total. The third-order valence-corrected chi connectivity index (χ3v) is 12.7. The van der Waals surface area contributed by atoms with Crippen molar-refractivity contribution in [2.24, 2.45) is 46.3 Å². The van der Waals surface area contributed by atoms with Crippen LogP contribution < -0.4 is 0 Å². The van der Waals surface area contributed by atoms with E-state index in [9.17, 15) is 0 Å². The molecule has 3 fully saturated rings. The van der Waals surface area contributed by atoms with Crippen molar-refractivity contribution in [1.29, 1.82) is 0 Å². The van der Waals surface area contributed by atoms with Gasteiger partial charge in [-0.05, 0) is 122 Å². The van der Waals surface area contributed by atoms with Crippen LogP contribution in [0.2, 0.25) is 0 Å². The molecule has 8 unspecified atom stereocenters. The first-order valence-corrected chi connectivity index (χ1v) is 16.2. The van der Waals surface area contributed by atoms with E-state index in [1.54, 1.807) is 5.57 Å². The highest BCUT2D eigenvalue weighted by Crippen LogP contribution is 2.67. The lowest BCUT2D eigenvalue weighted by molar-refractivity contribution is -0.0738. The van der Waals surface area contributed by atoms with Gasteiger partial charge < -0.3 is 4.74 Å². The van der Waals surface area contributed by atoms with Gasteiger partial charge in [-0.25, -0.2) is 0 Å². The Hall–Kier alpha value is -1.08. The number of benzene rings is 1. The van der Waals surface area contributed by atoms with Gasteiger partial charge in [-0.1, -0.05) is 89.8 Å². The molecule has 37 heavy (non-hydrogen) atoms. The smallest absolute Gasteiger partial charge is 0.0659 e. The molecule has 3 saturated carbocycles. The van der Waals surface area contributed by atoms with Crippen molar-refractivity contribution in [2.45, 2.75) is 130 Å². The lowest BCUT2D eigenvalue weighted by Crippen LogP contribution is -2.51. The molecule has 0 heterocycles. The molecule has 0 aromatic heterocycles. The zero-order chi connectivity index (χ0) is 25.8. The topological polar surface area (TPSA) is 9.23 Å². The fourth-order valence-corrected chi connectivity index (χ4v) is 10.7. The maximum atomic E-state index is 6.80. The summed E-state index contributed by atoms with van der Waals surface area (Å²) in [5.74, 6) is 5.53. The monoisotopic (exact) mass is 502 g/mol. The van der Waals surface area contributed by atoms with Gasteiger partial charge in [0.25, 0.3) is 0 Å². The summed E-state index contributed by atoms with van der Waals surface area (Å²) in [6.07, 6.45) is 21.2. The van der Waals surface area contributed by atoms with Gasteiger partial charge in [0.2, 0.25) is 0 Å².